The Kier molecular flexibility index (Phi) is 2.06. The molecule has 2 heterocycles. The highest BCUT2D eigenvalue weighted by molar-refractivity contribution is 6.59. The summed E-state index contributed by atoms with van der Waals surface area (Å²) < 4.78 is 0. The predicted molar refractivity (Wildman–Crippen MR) is 49.6 cm³/mol. The molecule has 0 aromatic carbocycles. The van der Waals surface area contributed by atoms with E-state index in [0.29, 0.717) is 0 Å². The molecular weight excluding hydrogens is 118 g/mol. The summed E-state index contributed by atoms with van der Waals surface area (Å²) in [4.78, 5) is 0. The Morgan fingerprint density at radius 2 is 1.50 bits per heavy atom. The van der Waals surface area contributed by atoms with Crippen molar-refractivity contribution in [1.29, 1.82) is 0 Å². The fourth-order valence-corrected chi connectivity index (χ4v) is 2.86. The van der Waals surface area contributed by atoms with Crippen LogP contribution in [0.5, 0.6) is 0 Å². The van der Waals surface area contributed by atoms with Gasteiger partial charge < -0.3 is 0 Å². The van der Waals surface area contributed by atoms with Crippen LogP contribution in [0.25, 0.3) is 0 Å². The smallest absolute Gasteiger partial charge is 0.0865 e. The quantitative estimate of drug-likeness (QED) is 0.441. The van der Waals surface area contributed by atoms with E-state index in [4.69, 9.17) is 0 Å². The van der Waals surface area contributed by atoms with Crippen LogP contribution in [-0.2, 0) is 0 Å². The molecule has 2 rings (SSSR count). The summed E-state index contributed by atoms with van der Waals surface area (Å²) in [6.45, 7) is 0. The Morgan fingerprint density at radius 3 is 2.00 bits per heavy atom. The first-order chi connectivity index (χ1) is 4.97. The van der Waals surface area contributed by atoms with Crippen molar-refractivity contribution in [1.82, 2.24) is 0 Å². The van der Waals surface area contributed by atoms with Gasteiger partial charge >= 0.3 is 0 Å². The molecule has 0 atom stereocenters. The third kappa shape index (κ3) is 1.26. The minimum Gasteiger partial charge on any atom is -0.0865 e. The third-order valence-corrected chi connectivity index (χ3v) is 3.47. The molecule has 0 amide bonds. The Morgan fingerprint density at radius 1 is 0.900 bits per heavy atom. The molecule has 0 radical (unpaired) electrons. The van der Waals surface area contributed by atoms with E-state index in [1.807, 2.05) is 0 Å². The minimum atomic E-state index is 1.16. The van der Waals surface area contributed by atoms with E-state index in [-0.39, 0.29) is 0 Å². The highest BCUT2D eigenvalue weighted by Gasteiger charge is 2.28. The maximum absolute atomic E-state index is 1.56. The second kappa shape index (κ2) is 3.02. The molecule has 2 aliphatic heterocycles. The molecule has 0 aliphatic carbocycles. The lowest BCUT2D eigenvalue weighted by molar-refractivity contribution is 0.426. The van der Waals surface area contributed by atoms with Crippen LogP contribution in [0.3, 0.4) is 0 Å². The molecule has 0 N–H and O–H groups in total. The van der Waals surface area contributed by atoms with Crippen LogP contribution in [-0.4, -0.2) is 14.6 Å². The Labute approximate surface area is 65.3 Å². The summed E-state index contributed by atoms with van der Waals surface area (Å²) in [5.74, 6) is 1.16. The lowest BCUT2D eigenvalue weighted by Gasteiger charge is -2.34. The third-order valence-electron chi connectivity index (χ3n) is 3.47. The normalized spacial score (nSPS) is 39.2. The Bertz CT molecular complexity index is 87.8. The summed E-state index contributed by atoms with van der Waals surface area (Å²) in [7, 11) is 3.12. The van der Waals surface area contributed by atoms with Crippen molar-refractivity contribution in [3.05, 3.63) is 0 Å². The first-order valence-corrected chi connectivity index (χ1v) is 4.97. The molecule has 2 saturated heterocycles. The summed E-state index contributed by atoms with van der Waals surface area (Å²) in [6, 6.07) is 0. The van der Waals surface area contributed by atoms with Gasteiger partial charge in [0.05, 0.1) is 0 Å². The average Bonchev–Trinajstić information content (AvgIpc) is 2.05. The van der Waals surface area contributed by atoms with Crippen LogP contribution < -0.4 is 0 Å². The molecule has 2 aliphatic rings. The van der Waals surface area contributed by atoms with Crippen LogP contribution in [0, 0.1) is 5.92 Å². The molecule has 0 aromatic heterocycles. The van der Waals surface area contributed by atoms with Crippen LogP contribution in [0.4, 0.5) is 0 Å². The van der Waals surface area contributed by atoms with E-state index >= 15 is 0 Å². The molecule has 2 fully saturated rings. The zero-order valence-corrected chi connectivity index (χ0v) is 6.81. The van der Waals surface area contributed by atoms with Crippen LogP contribution in [0.15, 0.2) is 0 Å². The first kappa shape index (κ1) is 6.82. The lowest BCUT2D eigenvalue weighted by Crippen LogP contribution is -2.28. The molecule has 10 heavy (non-hydrogen) atoms. The second-order valence-corrected chi connectivity index (χ2v) is 4.09. The van der Waals surface area contributed by atoms with Gasteiger partial charge in [-0.1, -0.05) is 50.0 Å². The number of hydrogen-bond acceptors (Lipinski definition) is 0. The van der Waals surface area contributed by atoms with Gasteiger partial charge in [-0.05, 0) is 0 Å². The largest absolute Gasteiger partial charge is 0.116 e. The van der Waals surface area contributed by atoms with Gasteiger partial charge in [0.15, 0.2) is 0 Å². The van der Waals surface area contributed by atoms with Crippen molar-refractivity contribution in [2.45, 2.75) is 44.0 Å². The van der Waals surface area contributed by atoms with Gasteiger partial charge in [0.2, 0.25) is 0 Å². The van der Waals surface area contributed by atoms with Crippen molar-refractivity contribution in [3.63, 3.8) is 0 Å². The van der Waals surface area contributed by atoms with Gasteiger partial charge in [0.25, 0.3) is 0 Å². The van der Waals surface area contributed by atoms with Crippen molar-refractivity contribution < 1.29 is 0 Å². The number of rotatable bonds is 0. The average molecular weight is 134 g/mol. The summed E-state index contributed by atoms with van der Waals surface area (Å²) in [5.41, 5.74) is 1.16. The van der Waals surface area contributed by atoms with Crippen molar-refractivity contribution in [2.75, 3.05) is 0 Å². The molecule has 0 aromatic rings. The van der Waals surface area contributed by atoms with E-state index in [1.54, 1.807) is 27.4 Å². The second-order valence-electron chi connectivity index (χ2n) is 4.09. The zero-order chi connectivity index (χ0) is 6.81. The van der Waals surface area contributed by atoms with Crippen molar-refractivity contribution in [2.24, 2.45) is 5.92 Å². The van der Waals surface area contributed by atoms with Gasteiger partial charge in [-0.15, -0.1) is 0 Å². The molecule has 0 spiro atoms. The fourth-order valence-electron chi connectivity index (χ4n) is 2.86. The summed E-state index contributed by atoms with van der Waals surface area (Å²) >= 11 is 0. The minimum absolute atomic E-state index is 1.16. The fraction of sp³-hybridized carbons (Fsp3) is 1.00. The zero-order valence-electron chi connectivity index (χ0n) is 6.81. The summed E-state index contributed by atoms with van der Waals surface area (Å²) in [6.07, 6.45) is 9.24. The van der Waals surface area contributed by atoms with Gasteiger partial charge in [0, 0.05) is 0 Å². The molecule has 54 valence electrons. The van der Waals surface area contributed by atoms with Crippen LogP contribution >= 0.6 is 0 Å². The van der Waals surface area contributed by atoms with Gasteiger partial charge in [-0.2, -0.15) is 0 Å². The molecule has 0 nitrogen and oxygen atoms in total. The van der Waals surface area contributed by atoms with Crippen LogP contribution in [0.1, 0.15) is 25.7 Å². The highest BCUT2D eigenvalue weighted by atomic mass is 14.2. The topological polar surface area (TPSA) is 0 Å². The molecule has 0 saturated carbocycles. The highest BCUT2D eigenvalue weighted by Crippen LogP contribution is 2.36. The van der Waals surface area contributed by atoms with E-state index in [0.717, 1.165) is 11.6 Å². The maximum atomic E-state index is 1.56. The number of hydrogen-bond donors (Lipinski definition) is 0. The molecular formula is C8H16B2. The van der Waals surface area contributed by atoms with E-state index < -0.39 is 0 Å². The van der Waals surface area contributed by atoms with E-state index in [9.17, 15) is 0 Å². The standard InChI is InChI=1S/C8H16B2/c1-3-7-4-2-6-10-8(7)9-5-1/h7-10H,1-6H2. The van der Waals surface area contributed by atoms with Crippen LogP contribution in [0.2, 0.25) is 18.4 Å². The Balaban J connectivity index is 1.93. The predicted octanol–water partition coefficient (Wildman–Crippen LogP) is 1.65. The van der Waals surface area contributed by atoms with Gasteiger partial charge in [-0.25, -0.2) is 0 Å². The monoisotopic (exact) mass is 134 g/mol. The van der Waals surface area contributed by atoms with Gasteiger partial charge in [0.1, 0.15) is 14.6 Å². The molecule has 2 heteroatoms. The van der Waals surface area contributed by atoms with Crippen molar-refractivity contribution >= 4 is 14.6 Å². The summed E-state index contributed by atoms with van der Waals surface area (Å²) in [5, 5.41) is 0. The van der Waals surface area contributed by atoms with Gasteiger partial charge in [-0.3, -0.25) is 0 Å². The molecule has 0 unspecified atom stereocenters. The maximum Gasteiger partial charge on any atom is 0.116 e. The Hall–Kier alpha value is 0.130. The number of fused-ring (bicyclic) bond motifs is 1. The van der Waals surface area contributed by atoms with E-state index in [2.05, 4.69) is 0 Å². The molecule has 0 bridgehead atoms. The van der Waals surface area contributed by atoms with Crippen molar-refractivity contribution in [3.8, 4) is 0 Å². The van der Waals surface area contributed by atoms with E-state index in [1.165, 1.54) is 25.5 Å². The first-order valence-electron chi connectivity index (χ1n) is 4.97. The lowest BCUT2D eigenvalue weighted by atomic mass is 9.34. The SMILES string of the molecule is B1CCCC2CCCBC12.